The van der Waals surface area contributed by atoms with Crippen LogP contribution in [-0.2, 0) is 10.3 Å². The lowest BCUT2D eigenvalue weighted by atomic mass is 9.88. The van der Waals surface area contributed by atoms with Crippen molar-refractivity contribution < 1.29 is 31.9 Å². The number of cyclic esters (lactones) is 1. The molecule has 0 spiro atoms. The minimum absolute atomic E-state index is 0.0575. The van der Waals surface area contributed by atoms with Gasteiger partial charge in [0.25, 0.3) is 11.5 Å². The Morgan fingerprint density at radius 2 is 1.70 bits per heavy atom. The van der Waals surface area contributed by atoms with E-state index in [2.05, 4.69) is 20.8 Å². The molecule has 0 saturated heterocycles. The van der Waals surface area contributed by atoms with Crippen LogP contribution in [0.15, 0.2) is 78.9 Å². The van der Waals surface area contributed by atoms with Crippen molar-refractivity contribution in [3.63, 3.8) is 0 Å². The molecule has 0 bridgehead atoms. The van der Waals surface area contributed by atoms with Crippen LogP contribution in [0.1, 0.15) is 15.9 Å². The smallest absolute Gasteiger partial charge is 0.426 e. The summed E-state index contributed by atoms with van der Waals surface area (Å²) in [5, 5.41) is 11.5. The van der Waals surface area contributed by atoms with Gasteiger partial charge in [-0.1, -0.05) is 36.4 Å². The number of aromatic nitrogens is 2. The first-order valence-electron chi connectivity index (χ1n) is 11.0. The molecule has 1 aromatic heterocycles. The molecule has 1 aliphatic rings. The van der Waals surface area contributed by atoms with Gasteiger partial charge in [-0.3, -0.25) is 15.2 Å². The summed E-state index contributed by atoms with van der Waals surface area (Å²) in [5.74, 6) is -1.50. The Bertz CT molecular complexity index is 1470. The molecular weight excluding hydrogens is 492 g/mol. The Morgan fingerprint density at radius 1 is 0.973 bits per heavy atom. The molecule has 2 heterocycles. The van der Waals surface area contributed by atoms with Crippen molar-refractivity contribution in [1.29, 1.82) is 0 Å². The maximum Gasteiger partial charge on any atom is 0.434 e. The highest BCUT2D eigenvalue weighted by Gasteiger charge is 2.62. The van der Waals surface area contributed by atoms with Crippen molar-refractivity contribution >= 4 is 17.7 Å². The SMILES string of the molecule is O=C1Nc2ccc(-c3cc(-c4ccccc4)[nH]n3)cc2C(CNC(=O)c2ccc(F)cc2)(C(F)(F)F)O1. The van der Waals surface area contributed by atoms with Crippen LogP contribution in [0.4, 0.5) is 28.0 Å². The minimum atomic E-state index is -5.10. The summed E-state index contributed by atoms with van der Waals surface area (Å²) >= 11 is 0. The summed E-state index contributed by atoms with van der Waals surface area (Å²) in [6.45, 7) is -1.10. The lowest BCUT2D eigenvalue weighted by Crippen LogP contribution is -2.56. The van der Waals surface area contributed by atoms with E-state index in [1.165, 1.54) is 18.2 Å². The van der Waals surface area contributed by atoms with Crippen LogP contribution in [0.25, 0.3) is 22.5 Å². The molecule has 1 unspecified atom stereocenters. The van der Waals surface area contributed by atoms with E-state index >= 15 is 0 Å². The topological polar surface area (TPSA) is 96.1 Å². The average molecular weight is 510 g/mol. The highest BCUT2D eigenvalue weighted by Crippen LogP contribution is 2.48. The van der Waals surface area contributed by atoms with Crippen LogP contribution in [0.2, 0.25) is 0 Å². The summed E-state index contributed by atoms with van der Waals surface area (Å²) in [6, 6.07) is 19.3. The Kier molecular flexibility index (Phi) is 5.90. The second kappa shape index (κ2) is 9.08. The van der Waals surface area contributed by atoms with Crippen LogP contribution in [0.5, 0.6) is 0 Å². The van der Waals surface area contributed by atoms with Gasteiger partial charge in [0.15, 0.2) is 0 Å². The lowest BCUT2D eigenvalue weighted by Gasteiger charge is -2.39. The molecule has 3 aromatic carbocycles. The predicted molar refractivity (Wildman–Crippen MR) is 126 cm³/mol. The second-order valence-corrected chi connectivity index (χ2v) is 8.32. The van der Waals surface area contributed by atoms with Gasteiger partial charge in [0, 0.05) is 16.7 Å². The van der Waals surface area contributed by atoms with E-state index in [0.29, 0.717) is 17.0 Å². The highest BCUT2D eigenvalue weighted by atomic mass is 19.4. The number of anilines is 1. The van der Waals surface area contributed by atoms with Gasteiger partial charge >= 0.3 is 12.3 Å². The molecule has 11 heteroatoms. The van der Waals surface area contributed by atoms with E-state index in [1.807, 2.05) is 30.3 Å². The van der Waals surface area contributed by atoms with E-state index in [1.54, 1.807) is 6.07 Å². The standard InChI is InChI=1S/C26H18F4N4O3/c27-18-9-6-16(7-10-18)23(35)31-14-25(26(28,29)30)19-12-17(8-11-20(19)32-24(36)37-25)22-13-21(33-34-22)15-4-2-1-3-5-15/h1-13H,14H2,(H,31,35)(H,32,36)(H,33,34). The number of benzene rings is 3. The zero-order valence-electron chi connectivity index (χ0n) is 18.9. The molecule has 188 valence electrons. The van der Waals surface area contributed by atoms with Gasteiger partial charge in [-0.05, 0) is 48.0 Å². The number of aromatic amines is 1. The summed E-state index contributed by atoms with van der Waals surface area (Å²) in [7, 11) is 0. The first kappa shape index (κ1) is 24.0. The fourth-order valence-corrected chi connectivity index (χ4v) is 4.08. The number of ether oxygens (including phenoxy) is 1. The Hall–Kier alpha value is -4.67. The summed E-state index contributed by atoms with van der Waals surface area (Å²) < 4.78 is 61.8. The number of H-pyrrole nitrogens is 1. The molecular formula is C26H18F4N4O3. The number of fused-ring (bicyclic) bond motifs is 1. The molecule has 2 amide bonds. The number of nitrogens with one attached hydrogen (secondary N) is 3. The number of carbonyl (C=O) groups is 2. The maximum atomic E-state index is 14.6. The number of amides is 2. The van der Waals surface area contributed by atoms with Crippen LogP contribution in [0.3, 0.4) is 0 Å². The lowest BCUT2D eigenvalue weighted by molar-refractivity contribution is -0.261. The van der Waals surface area contributed by atoms with E-state index in [4.69, 9.17) is 4.74 Å². The molecule has 0 saturated carbocycles. The van der Waals surface area contributed by atoms with E-state index in [9.17, 15) is 27.2 Å². The fraction of sp³-hybridized carbons (Fsp3) is 0.115. The largest absolute Gasteiger partial charge is 0.434 e. The van der Waals surface area contributed by atoms with Crippen LogP contribution in [0, 0.1) is 5.82 Å². The molecule has 3 N–H and O–H groups in total. The fourth-order valence-electron chi connectivity index (χ4n) is 4.08. The maximum absolute atomic E-state index is 14.6. The van der Waals surface area contributed by atoms with Crippen molar-refractivity contribution in [1.82, 2.24) is 15.5 Å². The Labute approximate surface area is 207 Å². The first-order chi connectivity index (χ1) is 17.7. The van der Waals surface area contributed by atoms with Crippen molar-refractivity contribution in [2.75, 3.05) is 11.9 Å². The molecule has 1 atom stereocenters. The number of rotatable bonds is 5. The molecule has 37 heavy (non-hydrogen) atoms. The van der Waals surface area contributed by atoms with Crippen molar-refractivity contribution in [2.45, 2.75) is 11.8 Å². The van der Waals surface area contributed by atoms with Crippen molar-refractivity contribution in [2.24, 2.45) is 0 Å². The van der Waals surface area contributed by atoms with E-state index in [0.717, 1.165) is 29.8 Å². The van der Waals surface area contributed by atoms with Gasteiger partial charge in [0.1, 0.15) is 5.82 Å². The third-order valence-electron chi connectivity index (χ3n) is 5.98. The van der Waals surface area contributed by atoms with E-state index < -0.39 is 41.7 Å². The highest BCUT2D eigenvalue weighted by molar-refractivity contribution is 5.94. The number of hydrogen-bond acceptors (Lipinski definition) is 4. The van der Waals surface area contributed by atoms with Gasteiger partial charge in [-0.15, -0.1) is 0 Å². The quantitative estimate of drug-likeness (QED) is 0.303. The molecule has 0 fully saturated rings. The summed E-state index contributed by atoms with van der Waals surface area (Å²) in [5.41, 5.74) is -1.57. The third-order valence-corrected chi connectivity index (χ3v) is 5.98. The molecule has 4 aromatic rings. The summed E-state index contributed by atoms with van der Waals surface area (Å²) in [6.07, 6.45) is -6.42. The normalized spacial score (nSPS) is 16.9. The minimum Gasteiger partial charge on any atom is -0.426 e. The first-order valence-corrected chi connectivity index (χ1v) is 11.0. The van der Waals surface area contributed by atoms with Crippen LogP contribution in [-0.4, -0.2) is 34.9 Å². The molecule has 5 rings (SSSR count). The zero-order chi connectivity index (χ0) is 26.2. The zero-order valence-corrected chi connectivity index (χ0v) is 18.9. The van der Waals surface area contributed by atoms with Gasteiger partial charge in [-0.2, -0.15) is 18.3 Å². The van der Waals surface area contributed by atoms with Crippen LogP contribution < -0.4 is 10.6 Å². The Balaban J connectivity index is 1.52. The number of carbonyl (C=O) groups excluding carboxylic acids is 2. The average Bonchev–Trinajstić information content (AvgIpc) is 3.37. The van der Waals surface area contributed by atoms with E-state index in [-0.39, 0.29) is 11.3 Å². The van der Waals surface area contributed by atoms with Crippen molar-refractivity contribution in [3.8, 4) is 22.5 Å². The number of nitrogens with zero attached hydrogens (tertiary/aromatic N) is 1. The molecule has 1 aliphatic heterocycles. The number of alkyl halides is 3. The number of hydrogen-bond donors (Lipinski definition) is 3. The van der Waals surface area contributed by atoms with Gasteiger partial charge < -0.3 is 10.1 Å². The Morgan fingerprint density at radius 3 is 2.41 bits per heavy atom. The van der Waals surface area contributed by atoms with Gasteiger partial charge in [-0.25, -0.2) is 9.18 Å². The third kappa shape index (κ3) is 4.51. The van der Waals surface area contributed by atoms with Gasteiger partial charge in [0.2, 0.25) is 0 Å². The predicted octanol–water partition coefficient (Wildman–Crippen LogP) is 5.63. The van der Waals surface area contributed by atoms with Crippen LogP contribution >= 0.6 is 0 Å². The molecule has 0 aliphatic carbocycles. The molecule has 0 radical (unpaired) electrons. The summed E-state index contributed by atoms with van der Waals surface area (Å²) in [4.78, 5) is 24.7. The van der Waals surface area contributed by atoms with Crippen molar-refractivity contribution in [3.05, 3.63) is 95.8 Å². The second-order valence-electron chi connectivity index (χ2n) is 8.32. The van der Waals surface area contributed by atoms with Gasteiger partial charge in [0.05, 0.1) is 23.6 Å². The molecule has 7 nitrogen and oxygen atoms in total. The monoisotopic (exact) mass is 510 g/mol. The number of halogens is 4.